The normalized spacial score (nSPS) is 15.3. The van der Waals surface area contributed by atoms with E-state index in [0.29, 0.717) is 28.8 Å². The standard InChI is InChI=1S/C22H22N6OS2/c23-12-17-16-5-1-2-6-18(16)31-21(17)25-19(29)9-11-30-22-27-26-20(28(22)15-7-8-15)14-4-3-10-24-13-14/h3-4,10,13,15H,1-2,5-9,11H2,(H,25,29). The molecule has 0 aliphatic heterocycles. The van der Waals surface area contributed by atoms with Crippen LogP contribution in [0.25, 0.3) is 11.4 Å². The molecule has 0 atom stereocenters. The minimum Gasteiger partial charge on any atom is -0.317 e. The number of hydrogen-bond acceptors (Lipinski definition) is 7. The van der Waals surface area contributed by atoms with Gasteiger partial charge < -0.3 is 5.32 Å². The van der Waals surface area contributed by atoms with E-state index >= 15 is 0 Å². The van der Waals surface area contributed by atoms with Gasteiger partial charge in [0.05, 0.1) is 5.56 Å². The number of fused-ring (bicyclic) bond motifs is 1. The number of hydrogen-bond donors (Lipinski definition) is 1. The van der Waals surface area contributed by atoms with Crippen LogP contribution in [0.5, 0.6) is 0 Å². The van der Waals surface area contributed by atoms with Crippen molar-refractivity contribution >= 4 is 34.0 Å². The van der Waals surface area contributed by atoms with Crippen LogP contribution in [-0.4, -0.2) is 31.4 Å². The van der Waals surface area contributed by atoms with Crippen molar-refractivity contribution in [1.82, 2.24) is 19.7 Å². The molecule has 1 fully saturated rings. The van der Waals surface area contributed by atoms with Gasteiger partial charge in [-0.25, -0.2) is 0 Å². The van der Waals surface area contributed by atoms with E-state index in [0.717, 1.165) is 60.6 Å². The third-order valence-electron chi connectivity index (χ3n) is 5.59. The number of aryl methyl sites for hydroxylation is 1. The third-order valence-corrected chi connectivity index (χ3v) is 7.74. The zero-order valence-corrected chi connectivity index (χ0v) is 18.6. The van der Waals surface area contributed by atoms with Crippen molar-refractivity contribution in [1.29, 1.82) is 5.26 Å². The molecule has 0 bridgehead atoms. The van der Waals surface area contributed by atoms with Crippen LogP contribution in [0.15, 0.2) is 29.7 Å². The van der Waals surface area contributed by atoms with Gasteiger partial charge in [-0.1, -0.05) is 11.8 Å². The number of nitriles is 1. The fourth-order valence-corrected chi connectivity index (χ4v) is 6.12. The first-order chi connectivity index (χ1) is 15.2. The SMILES string of the molecule is N#Cc1c(NC(=O)CCSc2nnc(-c3cccnc3)n2C2CC2)sc2c1CCCC2. The number of nitrogens with zero attached hydrogens (tertiary/aromatic N) is 5. The quantitative estimate of drug-likeness (QED) is 0.528. The molecular weight excluding hydrogens is 428 g/mol. The van der Waals surface area contributed by atoms with Gasteiger partial charge in [0.1, 0.15) is 11.1 Å². The summed E-state index contributed by atoms with van der Waals surface area (Å²) in [5, 5.41) is 22.9. The van der Waals surface area contributed by atoms with E-state index in [1.807, 2.05) is 12.1 Å². The van der Waals surface area contributed by atoms with Gasteiger partial charge in [0.2, 0.25) is 5.91 Å². The first-order valence-electron chi connectivity index (χ1n) is 10.6. The van der Waals surface area contributed by atoms with Gasteiger partial charge in [-0.15, -0.1) is 21.5 Å². The summed E-state index contributed by atoms with van der Waals surface area (Å²) in [6.07, 6.45) is 10.4. The van der Waals surface area contributed by atoms with Crippen molar-refractivity contribution in [3.63, 3.8) is 0 Å². The largest absolute Gasteiger partial charge is 0.317 e. The lowest BCUT2D eigenvalue weighted by Gasteiger charge is -2.09. The zero-order chi connectivity index (χ0) is 21.2. The van der Waals surface area contributed by atoms with Crippen molar-refractivity contribution in [3.8, 4) is 17.5 Å². The summed E-state index contributed by atoms with van der Waals surface area (Å²) in [6, 6.07) is 6.62. The smallest absolute Gasteiger partial charge is 0.225 e. The highest BCUT2D eigenvalue weighted by Gasteiger charge is 2.30. The molecule has 3 heterocycles. The van der Waals surface area contributed by atoms with E-state index < -0.39 is 0 Å². The molecule has 0 radical (unpaired) electrons. The minimum absolute atomic E-state index is 0.0624. The van der Waals surface area contributed by atoms with Crippen LogP contribution >= 0.6 is 23.1 Å². The van der Waals surface area contributed by atoms with Crippen LogP contribution in [0.3, 0.4) is 0 Å². The van der Waals surface area contributed by atoms with Crippen LogP contribution in [-0.2, 0) is 17.6 Å². The number of carbonyl (C=O) groups is 1. The number of thioether (sulfide) groups is 1. The van der Waals surface area contributed by atoms with Crippen molar-refractivity contribution in [2.45, 2.75) is 56.1 Å². The Morgan fingerprint density at radius 3 is 2.97 bits per heavy atom. The van der Waals surface area contributed by atoms with Gasteiger partial charge in [0.15, 0.2) is 11.0 Å². The molecule has 3 aromatic rings. The van der Waals surface area contributed by atoms with Crippen LogP contribution in [0.1, 0.15) is 54.1 Å². The molecule has 0 aromatic carbocycles. The molecule has 0 unspecified atom stereocenters. The average Bonchev–Trinajstić information content (AvgIpc) is 3.45. The van der Waals surface area contributed by atoms with E-state index in [2.05, 4.69) is 31.1 Å². The highest BCUT2D eigenvalue weighted by molar-refractivity contribution is 7.99. The predicted molar refractivity (Wildman–Crippen MR) is 121 cm³/mol. The zero-order valence-electron chi connectivity index (χ0n) is 17.0. The average molecular weight is 451 g/mol. The summed E-state index contributed by atoms with van der Waals surface area (Å²) in [4.78, 5) is 18.0. The highest BCUT2D eigenvalue weighted by Crippen LogP contribution is 2.41. The molecule has 0 saturated heterocycles. The molecule has 2 aliphatic carbocycles. The molecule has 3 aromatic heterocycles. The lowest BCUT2D eigenvalue weighted by Crippen LogP contribution is -2.12. The maximum absolute atomic E-state index is 12.6. The molecule has 2 aliphatic rings. The van der Waals surface area contributed by atoms with Gasteiger partial charge in [-0.3, -0.25) is 14.3 Å². The van der Waals surface area contributed by atoms with Crippen LogP contribution in [0.2, 0.25) is 0 Å². The Bertz CT molecular complexity index is 1140. The Morgan fingerprint density at radius 2 is 2.19 bits per heavy atom. The maximum Gasteiger partial charge on any atom is 0.225 e. The van der Waals surface area contributed by atoms with Crippen molar-refractivity contribution in [3.05, 3.63) is 40.5 Å². The molecule has 1 amide bonds. The molecule has 1 N–H and O–H groups in total. The molecular formula is C22H22N6OS2. The summed E-state index contributed by atoms with van der Waals surface area (Å²) in [7, 11) is 0. The van der Waals surface area contributed by atoms with Crippen molar-refractivity contribution in [2.75, 3.05) is 11.1 Å². The first-order valence-corrected chi connectivity index (χ1v) is 12.4. The Kier molecular flexibility index (Phi) is 5.74. The number of pyridine rings is 1. The Hall–Kier alpha value is -2.70. The second kappa shape index (κ2) is 8.81. The molecule has 31 heavy (non-hydrogen) atoms. The number of aromatic nitrogens is 4. The van der Waals surface area contributed by atoms with E-state index in [4.69, 9.17) is 0 Å². The van der Waals surface area contributed by atoms with Gasteiger partial charge in [0, 0.05) is 41.0 Å². The minimum atomic E-state index is -0.0624. The van der Waals surface area contributed by atoms with E-state index in [9.17, 15) is 10.1 Å². The molecule has 5 rings (SSSR count). The summed E-state index contributed by atoms with van der Waals surface area (Å²) >= 11 is 3.12. The summed E-state index contributed by atoms with van der Waals surface area (Å²) in [6.45, 7) is 0. The Morgan fingerprint density at radius 1 is 1.32 bits per heavy atom. The number of rotatable bonds is 7. The van der Waals surface area contributed by atoms with Gasteiger partial charge >= 0.3 is 0 Å². The van der Waals surface area contributed by atoms with Crippen molar-refractivity contribution < 1.29 is 4.79 Å². The first kappa shape index (κ1) is 20.2. The van der Waals surface area contributed by atoms with E-state index in [1.165, 1.54) is 4.88 Å². The van der Waals surface area contributed by atoms with Crippen LogP contribution in [0.4, 0.5) is 5.00 Å². The Labute approximate surface area is 188 Å². The monoisotopic (exact) mass is 450 g/mol. The van der Waals surface area contributed by atoms with E-state index in [1.54, 1.807) is 35.5 Å². The molecule has 0 spiro atoms. The molecule has 9 heteroatoms. The third kappa shape index (κ3) is 4.23. The van der Waals surface area contributed by atoms with Gasteiger partial charge in [0.25, 0.3) is 0 Å². The highest BCUT2D eigenvalue weighted by atomic mass is 32.2. The summed E-state index contributed by atoms with van der Waals surface area (Å²) in [5.41, 5.74) is 2.76. The second-order valence-electron chi connectivity index (χ2n) is 7.82. The summed E-state index contributed by atoms with van der Waals surface area (Å²) in [5.74, 6) is 1.38. The Balaban J connectivity index is 1.23. The molecule has 1 saturated carbocycles. The number of amides is 1. The molecule has 158 valence electrons. The number of carbonyl (C=O) groups excluding carboxylic acids is 1. The van der Waals surface area contributed by atoms with Crippen molar-refractivity contribution in [2.24, 2.45) is 0 Å². The lowest BCUT2D eigenvalue weighted by atomic mass is 9.96. The topological polar surface area (TPSA) is 96.5 Å². The second-order valence-corrected chi connectivity index (χ2v) is 9.99. The lowest BCUT2D eigenvalue weighted by molar-refractivity contribution is -0.115. The predicted octanol–water partition coefficient (Wildman–Crippen LogP) is 4.61. The van der Waals surface area contributed by atoms with Gasteiger partial charge in [-0.05, 0) is 56.2 Å². The molecule has 7 nitrogen and oxygen atoms in total. The summed E-state index contributed by atoms with van der Waals surface area (Å²) < 4.78 is 2.18. The fourth-order valence-electron chi connectivity index (χ4n) is 3.93. The number of thiophene rings is 1. The van der Waals surface area contributed by atoms with Crippen LogP contribution in [0, 0.1) is 11.3 Å². The van der Waals surface area contributed by atoms with Gasteiger partial charge in [-0.2, -0.15) is 5.26 Å². The maximum atomic E-state index is 12.6. The number of anilines is 1. The van der Waals surface area contributed by atoms with Crippen LogP contribution < -0.4 is 5.32 Å². The number of nitrogens with one attached hydrogen (secondary N) is 1. The van der Waals surface area contributed by atoms with E-state index in [-0.39, 0.29) is 5.91 Å². The fraction of sp³-hybridized carbons (Fsp3) is 0.409.